The number of carbonyl (C=O) groups excluding carboxylic acids is 1. The van der Waals surface area contributed by atoms with Gasteiger partial charge in [-0.15, -0.1) is 0 Å². The molecule has 6 heteroatoms. The maximum atomic E-state index is 12.9. The minimum Gasteiger partial charge on any atom is -0.496 e. The molecule has 1 saturated heterocycles. The van der Waals surface area contributed by atoms with Gasteiger partial charge in [0.25, 0.3) is 0 Å². The number of amides is 1. The average molecular weight is 484 g/mol. The highest BCUT2D eigenvalue weighted by Crippen LogP contribution is 2.37. The molecule has 5 nitrogen and oxygen atoms in total. The van der Waals surface area contributed by atoms with Gasteiger partial charge in [0.1, 0.15) is 11.3 Å². The summed E-state index contributed by atoms with van der Waals surface area (Å²) in [4.78, 5) is 14.8. The summed E-state index contributed by atoms with van der Waals surface area (Å²) < 4.78 is 18.2. The number of carbonyl (C=O) groups is 1. The Morgan fingerprint density at radius 1 is 1.16 bits per heavy atom. The first-order chi connectivity index (χ1) is 14.9. The van der Waals surface area contributed by atoms with Crippen LogP contribution in [0.5, 0.6) is 5.75 Å². The highest BCUT2D eigenvalue weighted by Gasteiger charge is 2.25. The van der Waals surface area contributed by atoms with E-state index in [-0.39, 0.29) is 18.1 Å². The van der Waals surface area contributed by atoms with Crippen LogP contribution in [-0.4, -0.2) is 43.2 Å². The van der Waals surface area contributed by atoms with Crippen LogP contribution in [0.3, 0.4) is 0 Å². The number of rotatable bonds is 4. The Hall–Kier alpha value is -2.57. The number of morpholine rings is 1. The van der Waals surface area contributed by atoms with Gasteiger partial charge in [-0.1, -0.05) is 28.1 Å². The van der Waals surface area contributed by atoms with Crippen molar-refractivity contribution in [3.05, 3.63) is 58.8 Å². The van der Waals surface area contributed by atoms with Crippen molar-refractivity contribution in [2.75, 3.05) is 20.2 Å². The van der Waals surface area contributed by atoms with E-state index in [4.69, 9.17) is 13.9 Å². The molecule has 3 aromatic rings. The summed E-state index contributed by atoms with van der Waals surface area (Å²) >= 11 is 3.48. The Balaban J connectivity index is 1.71. The third kappa shape index (κ3) is 4.55. The number of allylic oxidation sites excluding steroid dienone is 1. The molecule has 162 valence electrons. The number of benzene rings is 2. The largest absolute Gasteiger partial charge is 0.496 e. The number of methoxy groups -OCH3 is 1. The van der Waals surface area contributed by atoms with Crippen molar-refractivity contribution in [2.24, 2.45) is 0 Å². The van der Waals surface area contributed by atoms with E-state index in [0.29, 0.717) is 18.8 Å². The molecule has 2 heterocycles. The summed E-state index contributed by atoms with van der Waals surface area (Å²) in [5.74, 6) is 0.663. The summed E-state index contributed by atoms with van der Waals surface area (Å²) in [6.45, 7) is 7.11. The maximum Gasteiger partial charge on any atom is 0.247 e. The summed E-state index contributed by atoms with van der Waals surface area (Å²) in [6.07, 6.45) is 3.52. The SMILES string of the molecule is COc1cc2occ(-c3ccc(Br)cc3)c2cc1/C(C)=C/C(=O)N1CC(C)OC(C)C1. The van der Waals surface area contributed by atoms with Crippen LogP contribution in [-0.2, 0) is 9.53 Å². The minimum absolute atomic E-state index is 0.0121. The van der Waals surface area contributed by atoms with Crippen LogP contribution in [0.4, 0.5) is 0 Å². The van der Waals surface area contributed by atoms with Gasteiger partial charge in [0, 0.05) is 46.2 Å². The molecule has 1 fully saturated rings. The second-order valence-corrected chi connectivity index (χ2v) is 8.95. The lowest BCUT2D eigenvalue weighted by molar-refractivity contribution is -0.137. The lowest BCUT2D eigenvalue weighted by Gasteiger charge is -2.34. The van der Waals surface area contributed by atoms with Gasteiger partial charge in [-0.2, -0.15) is 0 Å². The van der Waals surface area contributed by atoms with Gasteiger partial charge in [0.05, 0.1) is 25.6 Å². The number of fused-ring (bicyclic) bond motifs is 1. The molecular formula is C25H26BrNO4. The molecule has 4 rings (SSSR count). The smallest absolute Gasteiger partial charge is 0.247 e. The molecule has 0 saturated carbocycles. The van der Waals surface area contributed by atoms with Gasteiger partial charge in [-0.05, 0) is 50.1 Å². The Morgan fingerprint density at radius 3 is 2.48 bits per heavy atom. The third-order valence-corrected chi connectivity index (χ3v) is 6.08. The van der Waals surface area contributed by atoms with E-state index in [2.05, 4.69) is 15.9 Å². The highest BCUT2D eigenvalue weighted by atomic mass is 79.9. The van der Waals surface area contributed by atoms with E-state index in [1.165, 1.54) is 0 Å². The zero-order chi connectivity index (χ0) is 22.1. The molecule has 0 spiro atoms. The molecule has 2 unspecified atom stereocenters. The van der Waals surface area contributed by atoms with E-state index in [0.717, 1.165) is 37.7 Å². The second kappa shape index (κ2) is 8.89. The normalized spacial score (nSPS) is 19.6. The fourth-order valence-corrected chi connectivity index (χ4v) is 4.36. The first kappa shape index (κ1) is 21.7. The fourth-order valence-electron chi connectivity index (χ4n) is 4.10. The summed E-state index contributed by atoms with van der Waals surface area (Å²) in [5, 5.41) is 0.979. The molecule has 1 amide bonds. The van der Waals surface area contributed by atoms with Crippen LogP contribution in [0.2, 0.25) is 0 Å². The topological polar surface area (TPSA) is 51.9 Å². The van der Waals surface area contributed by atoms with Crippen molar-refractivity contribution in [1.82, 2.24) is 4.90 Å². The summed E-state index contributed by atoms with van der Waals surface area (Å²) in [7, 11) is 1.63. The van der Waals surface area contributed by atoms with Crippen molar-refractivity contribution in [2.45, 2.75) is 33.0 Å². The monoisotopic (exact) mass is 483 g/mol. The molecule has 1 aliphatic rings. The fraction of sp³-hybridized carbons (Fsp3) is 0.320. The predicted molar refractivity (Wildman–Crippen MR) is 126 cm³/mol. The zero-order valence-electron chi connectivity index (χ0n) is 18.1. The number of halogens is 1. The number of hydrogen-bond donors (Lipinski definition) is 0. The number of ether oxygens (including phenoxy) is 2. The van der Waals surface area contributed by atoms with Crippen LogP contribution in [0.15, 0.2) is 57.6 Å². The lowest BCUT2D eigenvalue weighted by atomic mass is 9.99. The van der Waals surface area contributed by atoms with Gasteiger partial charge in [-0.3, -0.25) is 4.79 Å². The van der Waals surface area contributed by atoms with Crippen molar-refractivity contribution in [3.63, 3.8) is 0 Å². The molecule has 2 aromatic carbocycles. The van der Waals surface area contributed by atoms with E-state index < -0.39 is 0 Å². The van der Waals surface area contributed by atoms with Crippen LogP contribution in [0.1, 0.15) is 26.3 Å². The van der Waals surface area contributed by atoms with Gasteiger partial charge in [-0.25, -0.2) is 0 Å². The van der Waals surface area contributed by atoms with Crippen LogP contribution in [0.25, 0.3) is 27.7 Å². The molecule has 0 bridgehead atoms. The molecular weight excluding hydrogens is 458 g/mol. The maximum absolute atomic E-state index is 12.9. The third-order valence-electron chi connectivity index (χ3n) is 5.55. The van der Waals surface area contributed by atoms with Gasteiger partial charge < -0.3 is 18.8 Å². The minimum atomic E-state index is -0.0121. The van der Waals surface area contributed by atoms with Crippen LogP contribution in [0, 0.1) is 0 Å². The first-order valence-corrected chi connectivity index (χ1v) is 11.1. The molecule has 0 N–H and O–H groups in total. The first-order valence-electron chi connectivity index (χ1n) is 10.3. The van der Waals surface area contributed by atoms with Gasteiger partial charge in [0.2, 0.25) is 5.91 Å². The standard InChI is InChI=1S/C25H26BrNO4/c1-15(9-25(28)27-12-16(2)31-17(3)13-27)20-10-21-22(18-5-7-19(26)8-6-18)14-30-24(21)11-23(20)29-4/h5-11,14,16-17H,12-13H2,1-4H3/b15-9+. The van der Waals surface area contributed by atoms with Crippen molar-refractivity contribution >= 4 is 38.4 Å². The van der Waals surface area contributed by atoms with Crippen molar-refractivity contribution in [3.8, 4) is 16.9 Å². The van der Waals surface area contributed by atoms with Gasteiger partial charge in [0.15, 0.2) is 0 Å². The Bertz CT molecular complexity index is 1120. The summed E-state index contributed by atoms with van der Waals surface area (Å²) in [5.41, 5.74) is 4.53. The number of hydrogen-bond acceptors (Lipinski definition) is 4. The van der Waals surface area contributed by atoms with Crippen LogP contribution >= 0.6 is 15.9 Å². The van der Waals surface area contributed by atoms with Crippen molar-refractivity contribution < 1.29 is 18.7 Å². The molecule has 0 aliphatic carbocycles. The molecule has 0 radical (unpaired) electrons. The van der Waals surface area contributed by atoms with E-state index in [9.17, 15) is 4.79 Å². The molecule has 1 aromatic heterocycles. The highest BCUT2D eigenvalue weighted by molar-refractivity contribution is 9.10. The molecule has 2 atom stereocenters. The van der Waals surface area contributed by atoms with Gasteiger partial charge >= 0.3 is 0 Å². The second-order valence-electron chi connectivity index (χ2n) is 8.03. The Labute approximate surface area is 190 Å². The van der Waals surface area contributed by atoms with E-state index in [1.807, 2.05) is 62.1 Å². The number of furan rings is 1. The van der Waals surface area contributed by atoms with E-state index >= 15 is 0 Å². The summed E-state index contributed by atoms with van der Waals surface area (Å²) in [6, 6.07) is 12.0. The lowest BCUT2D eigenvalue weighted by Crippen LogP contribution is -2.47. The Kier molecular flexibility index (Phi) is 6.21. The van der Waals surface area contributed by atoms with E-state index in [1.54, 1.807) is 19.4 Å². The Morgan fingerprint density at radius 2 is 1.84 bits per heavy atom. The van der Waals surface area contributed by atoms with Crippen molar-refractivity contribution in [1.29, 1.82) is 0 Å². The molecule has 31 heavy (non-hydrogen) atoms. The predicted octanol–water partition coefficient (Wildman–Crippen LogP) is 5.91. The zero-order valence-corrected chi connectivity index (χ0v) is 19.7. The quantitative estimate of drug-likeness (QED) is 0.432. The average Bonchev–Trinajstić information content (AvgIpc) is 3.15. The number of nitrogens with zero attached hydrogens (tertiary/aromatic N) is 1. The molecule has 1 aliphatic heterocycles. The van der Waals surface area contributed by atoms with Crippen LogP contribution < -0.4 is 4.74 Å².